The third-order valence-corrected chi connectivity index (χ3v) is 6.17. The first-order valence-electron chi connectivity index (χ1n) is 11.2. The molecule has 0 radical (unpaired) electrons. The maximum absolute atomic E-state index is 13.6. The van der Waals surface area contributed by atoms with Crippen molar-refractivity contribution in [1.29, 1.82) is 0 Å². The summed E-state index contributed by atoms with van der Waals surface area (Å²) in [6, 6.07) is 16.8. The molecule has 178 valence electrons. The van der Waals surface area contributed by atoms with Gasteiger partial charge in [-0.25, -0.2) is 13.8 Å². The molecule has 0 fully saturated rings. The summed E-state index contributed by atoms with van der Waals surface area (Å²) in [6.45, 7) is 3.73. The van der Waals surface area contributed by atoms with Gasteiger partial charge in [-0.1, -0.05) is 24.3 Å². The van der Waals surface area contributed by atoms with Crippen LogP contribution in [0, 0.1) is 19.7 Å². The third kappa shape index (κ3) is 4.07. The molecule has 1 N–H and O–H groups in total. The van der Waals surface area contributed by atoms with Gasteiger partial charge in [-0.05, 0) is 61.4 Å². The minimum atomic E-state index is -0.458. The number of hydrogen-bond donors (Lipinski definition) is 1. The molecular formula is C27H24FN3O4. The van der Waals surface area contributed by atoms with E-state index >= 15 is 0 Å². The molecule has 0 saturated carbocycles. The topological polar surface area (TPSA) is 74.5 Å². The lowest BCUT2D eigenvalue weighted by Gasteiger charge is -2.21. The number of methoxy groups -OCH3 is 1. The van der Waals surface area contributed by atoms with Crippen LogP contribution in [0.25, 0.3) is 5.69 Å². The lowest BCUT2D eigenvalue weighted by molar-refractivity contribution is -0.117. The normalized spacial score (nSPS) is 11.9. The first-order chi connectivity index (χ1) is 16.9. The van der Waals surface area contributed by atoms with Crippen LogP contribution in [0.2, 0.25) is 0 Å². The number of fused-ring (bicyclic) bond motifs is 2. The van der Waals surface area contributed by atoms with Gasteiger partial charge >= 0.3 is 0 Å². The Labute approximate surface area is 201 Å². The zero-order valence-corrected chi connectivity index (χ0v) is 19.6. The number of aromatic nitrogens is 2. The van der Waals surface area contributed by atoms with E-state index in [1.165, 1.54) is 27.6 Å². The predicted molar refractivity (Wildman–Crippen MR) is 130 cm³/mol. The molecule has 8 heteroatoms. The molecule has 2 heterocycles. The minimum Gasteiger partial charge on any atom is -0.493 e. The summed E-state index contributed by atoms with van der Waals surface area (Å²) in [5.41, 5.74) is 4.03. The number of para-hydroxylation sites is 1. The van der Waals surface area contributed by atoms with Crippen LogP contribution in [0.3, 0.4) is 0 Å². The molecule has 7 nitrogen and oxygen atoms in total. The van der Waals surface area contributed by atoms with Gasteiger partial charge in [-0.3, -0.25) is 9.59 Å². The van der Waals surface area contributed by atoms with Crippen LogP contribution >= 0.6 is 0 Å². The van der Waals surface area contributed by atoms with Crippen molar-refractivity contribution in [2.24, 2.45) is 0 Å². The highest BCUT2D eigenvalue weighted by molar-refractivity contribution is 5.90. The van der Waals surface area contributed by atoms with Crippen LogP contribution in [-0.4, -0.2) is 22.4 Å². The molecule has 3 aromatic carbocycles. The van der Waals surface area contributed by atoms with Crippen molar-refractivity contribution in [3.8, 4) is 23.1 Å². The second kappa shape index (κ2) is 8.79. The van der Waals surface area contributed by atoms with Gasteiger partial charge in [0.1, 0.15) is 12.4 Å². The van der Waals surface area contributed by atoms with E-state index in [-0.39, 0.29) is 18.0 Å². The molecule has 0 atom stereocenters. The molecule has 0 saturated heterocycles. The quantitative estimate of drug-likeness (QED) is 0.400. The Bertz CT molecular complexity index is 1520. The van der Waals surface area contributed by atoms with Gasteiger partial charge in [0, 0.05) is 17.7 Å². The molecule has 1 aromatic heterocycles. The highest BCUT2D eigenvalue weighted by Gasteiger charge is 2.30. The monoisotopic (exact) mass is 473 g/mol. The third-order valence-electron chi connectivity index (χ3n) is 6.17. The van der Waals surface area contributed by atoms with Crippen molar-refractivity contribution in [2.45, 2.75) is 26.8 Å². The Morgan fingerprint density at radius 2 is 1.89 bits per heavy atom. The van der Waals surface area contributed by atoms with Crippen LogP contribution in [-0.2, 0) is 17.8 Å². The van der Waals surface area contributed by atoms with Crippen LogP contribution in [0.15, 0.2) is 65.5 Å². The fourth-order valence-electron chi connectivity index (χ4n) is 4.26. The molecule has 0 spiro atoms. The van der Waals surface area contributed by atoms with Gasteiger partial charge in [0.05, 0.1) is 18.4 Å². The fraction of sp³-hybridized carbons (Fsp3) is 0.185. The van der Waals surface area contributed by atoms with Crippen molar-refractivity contribution >= 4 is 11.6 Å². The van der Waals surface area contributed by atoms with Gasteiger partial charge in [-0.2, -0.15) is 0 Å². The number of halogens is 1. The Morgan fingerprint density at radius 1 is 1.09 bits per heavy atom. The molecular weight excluding hydrogens is 449 g/mol. The second-order valence-corrected chi connectivity index (χ2v) is 8.51. The number of carbonyl (C=O) groups excluding carboxylic acids is 1. The van der Waals surface area contributed by atoms with E-state index in [2.05, 4.69) is 5.32 Å². The summed E-state index contributed by atoms with van der Waals surface area (Å²) in [4.78, 5) is 26.6. The number of carbonyl (C=O) groups is 1. The number of rotatable bonds is 5. The SMILES string of the molecule is COc1cccc2c1Oc1c(c(=O)n(-c3ccc(C)c(C)c3)n1CC(=O)Nc1cccc(F)c1)C2. The molecule has 1 aliphatic rings. The summed E-state index contributed by atoms with van der Waals surface area (Å²) in [5, 5.41) is 2.69. The number of amides is 1. The van der Waals surface area contributed by atoms with Crippen LogP contribution < -0.4 is 20.3 Å². The first kappa shape index (κ1) is 22.5. The maximum Gasteiger partial charge on any atom is 0.278 e. The number of anilines is 1. The van der Waals surface area contributed by atoms with E-state index in [1.54, 1.807) is 19.2 Å². The summed E-state index contributed by atoms with van der Waals surface area (Å²) in [5.74, 6) is 0.439. The number of ether oxygens (including phenoxy) is 2. The summed E-state index contributed by atoms with van der Waals surface area (Å²) < 4.78 is 28.3. The molecule has 35 heavy (non-hydrogen) atoms. The molecule has 1 aliphatic heterocycles. The zero-order chi connectivity index (χ0) is 24.7. The Balaban J connectivity index is 1.62. The molecule has 0 unspecified atom stereocenters. The highest BCUT2D eigenvalue weighted by atomic mass is 19.1. The Kier molecular flexibility index (Phi) is 5.64. The van der Waals surface area contributed by atoms with Crippen LogP contribution in [0.1, 0.15) is 22.3 Å². The average molecular weight is 474 g/mol. The van der Waals surface area contributed by atoms with Gasteiger partial charge in [0.15, 0.2) is 11.5 Å². The molecule has 4 aromatic rings. The van der Waals surface area contributed by atoms with E-state index in [9.17, 15) is 14.0 Å². The van der Waals surface area contributed by atoms with Crippen molar-refractivity contribution in [1.82, 2.24) is 9.36 Å². The van der Waals surface area contributed by atoms with E-state index in [4.69, 9.17) is 9.47 Å². The molecule has 5 rings (SSSR count). The molecule has 0 aliphatic carbocycles. The number of hydrogen-bond acceptors (Lipinski definition) is 4. The van der Waals surface area contributed by atoms with E-state index in [0.29, 0.717) is 34.9 Å². The van der Waals surface area contributed by atoms with Crippen molar-refractivity contribution < 1.29 is 18.7 Å². The van der Waals surface area contributed by atoms with Crippen molar-refractivity contribution in [2.75, 3.05) is 12.4 Å². The smallest absolute Gasteiger partial charge is 0.278 e. The van der Waals surface area contributed by atoms with Crippen LogP contribution in [0.4, 0.5) is 10.1 Å². The van der Waals surface area contributed by atoms with Gasteiger partial charge in [0.25, 0.3) is 5.56 Å². The largest absolute Gasteiger partial charge is 0.493 e. The highest BCUT2D eigenvalue weighted by Crippen LogP contribution is 2.41. The van der Waals surface area contributed by atoms with Gasteiger partial charge in [-0.15, -0.1) is 0 Å². The first-order valence-corrected chi connectivity index (χ1v) is 11.2. The van der Waals surface area contributed by atoms with Crippen molar-refractivity contribution in [3.05, 3.63) is 99.1 Å². The van der Waals surface area contributed by atoms with Crippen LogP contribution in [0.5, 0.6) is 17.4 Å². The standard InChI is InChI=1S/C27H24FN3O4/c1-16-10-11-21(12-17(16)2)31-26(33)22-13-18-6-4-9-23(34-3)25(18)35-27(22)30(31)15-24(32)29-20-8-5-7-19(28)14-20/h4-12,14H,13,15H2,1-3H3,(H,29,32). The van der Waals surface area contributed by atoms with Crippen molar-refractivity contribution in [3.63, 3.8) is 0 Å². The van der Waals surface area contributed by atoms with Gasteiger partial charge < -0.3 is 14.8 Å². The average Bonchev–Trinajstić information content (AvgIpc) is 3.09. The van der Waals surface area contributed by atoms with Gasteiger partial charge in [0.2, 0.25) is 11.8 Å². The predicted octanol–water partition coefficient (Wildman–Crippen LogP) is 4.74. The minimum absolute atomic E-state index is 0.224. The lowest BCUT2D eigenvalue weighted by Crippen LogP contribution is -2.27. The molecule has 1 amide bonds. The van der Waals surface area contributed by atoms with E-state index in [0.717, 1.165) is 16.7 Å². The number of benzene rings is 3. The maximum atomic E-state index is 13.6. The number of aryl methyl sites for hydroxylation is 2. The van der Waals surface area contributed by atoms with E-state index < -0.39 is 11.7 Å². The number of nitrogens with one attached hydrogen (secondary N) is 1. The fourth-order valence-corrected chi connectivity index (χ4v) is 4.26. The summed E-state index contributed by atoms with van der Waals surface area (Å²) in [7, 11) is 1.55. The summed E-state index contributed by atoms with van der Waals surface area (Å²) >= 11 is 0. The van der Waals surface area contributed by atoms with E-state index in [1.807, 2.05) is 44.2 Å². The summed E-state index contributed by atoms with van der Waals surface area (Å²) in [6.07, 6.45) is 0.337. The number of nitrogens with zero attached hydrogens (tertiary/aromatic N) is 2. The molecule has 0 bridgehead atoms. The lowest BCUT2D eigenvalue weighted by atomic mass is 10.0. The zero-order valence-electron chi connectivity index (χ0n) is 19.6. The Hall–Kier alpha value is -4.33. The Morgan fingerprint density at radius 3 is 2.63 bits per heavy atom. The second-order valence-electron chi connectivity index (χ2n) is 8.51.